The fraction of sp³-hybridized carbons (Fsp3) is 0.612. The molecule has 0 radical (unpaired) electrons. The summed E-state index contributed by atoms with van der Waals surface area (Å²) in [5.74, 6) is -0.917. The van der Waals surface area contributed by atoms with Gasteiger partial charge in [0.2, 0.25) is 0 Å². The van der Waals surface area contributed by atoms with Gasteiger partial charge in [-0.1, -0.05) is 92.4 Å². The van der Waals surface area contributed by atoms with Crippen LogP contribution in [0.25, 0.3) is 22.2 Å². The molecule has 320 valence electrons. The highest BCUT2D eigenvalue weighted by molar-refractivity contribution is 6.23. The number of methoxy groups -OCH3 is 1. The Balaban J connectivity index is 1.56. The summed E-state index contributed by atoms with van der Waals surface area (Å²) in [6, 6.07) is 6.41. The second-order valence-corrected chi connectivity index (χ2v) is 17.4. The number of ether oxygens (including phenoxy) is 2. The lowest BCUT2D eigenvalue weighted by Crippen LogP contribution is -2.41. The first-order chi connectivity index (χ1) is 28.4. The van der Waals surface area contributed by atoms with Crippen LogP contribution in [-0.2, 0) is 14.3 Å². The number of rotatable bonds is 19. The normalized spacial score (nSPS) is 20.1. The first-order valence-electron chi connectivity index (χ1n) is 22.8. The molecule has 4 aliphatic rings. The fourth-order valence-electron chi connectivity index (χ4n) is 9.71. The van der Waals surface area contributed by atoms with Crippen LogP contribution in [0.2, 0.25) is 0 Å². The highest BCUT2D eigenvalue weighted by Crippen LogP contribution is 2.46. The molecule has 0 fully saturated rings. The summed E-state index contributed by atoms with van der Waals surface area (Å²) in [6.45, 7) is 18.3. The number of nitrogens with zero attached hydrogens (tertiary/aromatic N) is 3. The number of aromatic nitrogens is 4. The molecule has 59 heavy (non-hydrogen) atoms. The van der Waals surface area contributed by atoms with Crippen molar-refractivity contribution < 1.29 is 23.9 Å². The topological polar surface area (TPSA) is 130 Å². The third-order valence-electron chi connectivity index (χ3n) is 13.4. The SMILES string of the molecule is CCCCCCCCCOC(C)C1=C(C)c2cc3nc(c4c5[nH]c(cc6[nH]c(cc1n2)C(C)C6CC)c(C)c5C(=O)N(CCCCCC)C4=O)C(CCC(=O)OC)C3C. The van der Waals surface area contributed by atoms with Crippen LogP contribution in [0, 0.1) is 6.92 Å². The molecule has 8 bridgehead atoms. The van der Waals surface area contributed by atoms with Crippen LogP contribution in [0.4, 0.5) is 0 Å². The summed E-state index contributed by atoms with van der Waals surface area (Å²) >= 11 is 0. The van der Waals surface area contributed by atoms with Gasteiger partial charge in [0.05, 0.1) is 46.9 Å². The quantitative estimate of drug-likeness (QED) is 0.0821. The van der Waals surface area contributed by atoms with Gasteiger partial charge in [-0.15, -0.1) is 0 Å². The highest BCUT2D eigenvalue weighted by Gasteiger charge is 2.41. The van der Waals surface area contributed by atoms with Crippen molar-refractivity contribution in [1.29, 1.82) is 0 Å². The Kier molecular flexibility index (Phi) is 14.9. The summed E-state index contributed by atoms with van der Waals surface area (Å²) in [4.78, 5) is 61.3. The average Bonchev–Trinajstić information content (AvgIpc) is 3.90. The van der Waals surface area contributed by atoms with Crippen molar-refractivity contribution in [2.75, 3.05) is 20.3 Å². The second kappa shape index (κ2) is 19.8. The van der Waals surface area contributed by atoms with Gasteiger partial charge in [0.1, 0.15) is 0 Å². The lowest BCUT2D eigenvalue weighted by atomic mass is 9.84. The van der Waals surface area contributed by atoms with Gasteiger partial charge in [0, 0.05) is 71.4 Å². The number of allylic oxidation sites excluding steroid dienone is 1. The lowest BCUT2D eigenvalue weighted by Gasteiger charge is -2.27. The zero-order valence-electron chi connectivity index (χ0n) is 37.3. The van der Waals surface area contributed by atoms with Crippen LogP contribution >= 0.6 is 0 Å². The Bertz CT molecular complexity index is 2110. The first-order valence-corrected chi connectivity index (χ1v) is 22.8. The average molecular weight is 808 g/mol. The molecule has 10 heteroatoms. The number of carbonyl (C=O) groups excluding carboxylic acids is 3. The molecule has 5 atom stereocenters. The van der Waals surface area contributed by atoms with Crippen LogP contribution in [0.5, 0.6) is 0 Å². The summed E-state index contributed by atoms with van der Waals surface area (Å²) in [6.07, 6.45) is 13.7. The number of hydrogen-bond acceptors (Lipinski definition) is 7. The molecule has 2 aromatic rings. The van der Waals surface area contributed by atoms with Gasteiger partial charge in [0.15, 0.2) is 0 Å². The van der Waals surface area contributed by atoms with Crippen LogP contribution in [0.15, 0.2) is 18.2 Å². The van der Waals surface area contributed by atoms with Gasteiger partial charge in [0.25, 0.3) is 11.8 Å². The minimum atomic E-state index is -0.334. The van der Waals surface area contributed by atoms with E-state index in [0.29, 0.717) is 41.9 Å². The molecule has 2 aromatic heterocycles. The molecule has 5 unspecified atom stereocenters. The smallest absolute Gasteiger partial charge is 0.305 e. The number of unbranched alkanes of at least 4 members (excludes halogenated alkanes) is 9. The third-order valence-corrected chi connectivity index (χ3v) is 13.4. The first kappa shape index (κ1) is 44.2. The monoisotopic (exact) mass is 808 g/mol. The number of imide groups is 1. The van der Waals surface area contributed by atoms with E-state index in [4.69, 9.17) is 19.4 Å². The van der Waals surface area contributed by atoms with Crippen molar-refractivity contribution in [1.82, 2.24) is 24.8 Å². The lowest BCUT2D eigenvalue weighted by molar-refractivity contribution is -0.140. The molecule has 4 aliphatic heterocycles. The van der Waals surface area contributed by atoms with Crippen molar-refractivity contribution in [3.8, 4) is 0 Å². The number of esters is 1. The maximum absolute atomic E-state index is 14.8. The maximum Gasteiger partial charge on any atom is 0.305 e. The highest BCUT2D eigenvalue weighted by atomic mass is 16.5. The van der Waals surface area contributed by atoms with Gasteiger partial charge in [-0.3, -0.25) is 24.3 Å². The van der Waals surface area contributed by atoms with Crippen molar-refractivity contribution >= 4 is 40.0 Å². The zero-order chi connectivity index (χ0) is 42.4. The Labute approximate surface area is 352 Å². The molecule has 6 heterocycles. The van der Waals surface area contributed by atoms with E-state index >= 15 is 0 Å². The van der Waals surface area contributed by atoms with E-state index in [1.54, 1.807) is 0 Å². The van der Waals surface area contributed by atoms with Crippen molar-refractivity contribution in [2.45, 2.75) is 175 Å². The van der Waals surface area contributed by atoms with Gasteiger partial charge >= 0.3 is 5.97 Å². The number of fused-ring (bicyclic) bond motifs is 8. The molecule has 10 nitrogen and oxygen atoms in total. The Hall–Kier alpha value is -4.31. The predicted molar refractivity (Wildman–Crippen MR) is 236 cm³/mol. The van der Waals surface area contributed by atoms with Gasteiger partial charge in [-0.25, -0.2) is 4.98 Å². The van der Waals surface area contributed by atoms with Gasteiger partial charge < -0.3 is 19.4 Å². The van der Waals surface area contributed by atoms with Gasteiger partial charge in [-0.05, 0) is 75.8 Å². The van der Waals surface area contributed by atoms with Crippen LogP contribution in [0.3, 0.4) is 0 Å². The molecule has 0 saturated carbocycles. The number of amides is 2. The minimum Gasteiger partial charge on any atom is -0.469 e. The number of hydrogen-bond donors (Lipinski definition) is 2. The summed E-state index contributed by atoms with van der Waals surface area (Å²) < 4.78 is 11.7. The van der Waals surface area contributed by atoms with Crippen molar-refractivity contribution in [2.24, 2.45) is 0 Å². The summed E-state index contributed by atoms with van der Waals surface area (Å²) in [5, 5.41) is 0. The Morgan fingerprint density at radius 2 is 1.47 bits per heavy atom. The molecular formula is C49H69N5O5. The molecule has 0 aromatic carbocycles. The fourth-order valence-corrected chi connectivity index (χ4v) is 9.71. The van der Waals surface area contributed by atoms with E-state index in [1.165, 1.54) is 50.5 Å². The number of aryl methyl sites for hydroxylation is 1. The predicted octanol–water partition coefficient (Wildman–Crippen LogP) is 11.7. The molecule has 6 rings (SSSR count). The number of aromatic amines is 2. The largest absolute Gasteiger partial charge is 0.469 e. The molecule has 2 amide bonds. The number of carbonyl (C=O) groups is 3. The van der Waals surface area contributed by atoms with Crippen LogP contribution in [0.1, 0.15) is 222 Å². The molecule has 0 aliphatic carbocycles. The van der Waals surface area contributed by atoms with E-state index in [1.807, 2.05) is 6.92 Å². The van der Waals surface area contributed by atoms with Crippen molar-refractivity contribution in [3.63, 3.8) is 0 Å². The second-order valence-electron chi connectivity index (χ2n) is 17.4. The standard InChI is InChI=1S/C49H69N5O5/c1-10-13-15-17-18-19-21-25-59-33(8)43-31(6)38-26-37-30(5)35(22-23-42(55)58-9)46(52-37)45-47-44(48(56)54(49(45)57)24-20-16-14-11-2)32(7)39(53-47)27-40-34(12-3)29(4)36(50-40)28-41(43)51-38/h26-30,33-35,50,53H,10-25H2,1-9H3. The molecule has 0 spiro atoms. The molecular weight excluding hydrogens is 739 g/mol. The van der Waals surface area contributed by atoms with E-state index in [9.17, 15) is 14.4 Å². The summed E-state index contributed by atoms with van der Waals surface area (Å²) in [7, 11) is 1.40. The molecule has 2 N–H and O–H groups in total. The maximum atomic E-state index is 14.8. The molecule has 0 saturated heterocycles. The number of nitrogens with one attached hydrogen (secondary N) is 2. The van der Waals surface area contributed by atoms with E-state index in [-0.39, 0.29) is 54.0 Å². The number of H-pyrrole nitrogens is 2. The summed E-state index contributed by atoms with van der Waals surface area (Å²) in [5.41, 5.74) is 10.5. The van der Waals surface area contributed by atoms with E-state index < -0.39 is 0 Å². The van der Waals surface area contributed by atoms with Crippen LogP contribution < -0.4 is 0 Å². The van der Waals surface area contributed by atoms with Gasteiger partial charge in [-0.2, -0.15) is 0 Å². The Morgan fingerprint density at radius 3 is 2.17 bits per heavy atom. The Morgan fingerprint density at radius 1 is 0.797 bits per heavy atom. The van der Waals surface area contributed by atoms with Crippen LogP contribution in [-0.4, -0.2) is 69.0 Å². The zero-order valence-corrected chi connectivity index (χ0v) is 37.3. The third kappa shape index (κ3) is 9.23. The van der Waals surface area contributed by atoms with E-state index in [2.05, 4.69) is 76.6 Å². The van der Waals surface area contributed by atoms with Crippen molar-refractivity contribution in [3.05, 3.63) is 69.1 Å². The minimum absolute atomic E-state index is 0.141. The van der Waals surface area contributed by atoms with E-state index in [0.717, 1.165) is 89.2 Å².